The lowest BCUT2D eigenvalue weighted by atomic mass is 10.1. The molecule has 2 heterocycles. The number of halogens is 2. The maximum Gasteiger partial charge on any atom is 0.303 e. The molecular formula is C22H21ClFNO7S. The largest absolute Gasteiger partial charge is 0.474 e. The molecule has 1 fully saturated rings. The normalized spacial score (nSPS) is 22.2. The van der Waals surface area contributed by atoms with E-state index in [1.807, 2.05) is 0 Å². The number of nitrogens with zero attached hydrogens (tertiary/aromatic N) is 1. The second-order valence-corrected chi connectivity index (χ2v) is 8.67. The van der Waals surface area contributed by atoms with Gasteiger partial charge in [0.1, 0.15) is 5.75 Å². The van der Waals surface area contributed by atoms with E-state index < -0.39 is 47.6 Å². The minimum Gasteiger partial charge on any atom is -0.474 e. The lowest BCUT2D eigenvalue weighted by Crippen LogP contribution is -2.55. The van der Waals surface area contributed by atoms with Gasteiger partial charge in [0.2, 0.25) is 5.95 Å². The number of ether oxygens (including phenoxy) is 4. The minimum atomic E-state index is -1.09. The average Bonchev–Trinajstić information content (AvgIpc) is 2.72. The van der Waals surface area contributed by atoms with Crippen molar-refractivity contribution in [3.63, 3.8) is 0 Å². The van der Waals surface area contributed by atoms with Crippen molar-refractivity contribution in [2.24, 2.45) is 0 Å². The highest BCUT2D eigenvalue weighted by Gasteiger charge is 2.47. The zero-order chi connectivity index (χ0) is 24.1. The summed E-state index contributed by atoms with van der Waals surface area (Å²) in [6, 6.07) is 7.80. The van der Waals surface area contributed by atoms with Crippen molar-refractivity contribution in [2.45, 2.75) is 44.5 Å². The molecule has 0 saturated carbocycles. The molecule has 0 aliphatic carbocycles. The van der Waals surface area contributed by atoms with Crippen molar-refractivity contribution < 1.29 is 37.7 Å². The van der Waals surface area contributed by atoms with Crippen LogP contribution in [-0.4, -0.2) is 52.4 Å². The van der Waals surface area contributed by atoms with E-state index in [0.717, 1.165) is 0 Å². The van der Waals surface area contributed by atoms with Crippen LogP contribution in [0.2, 0.25) is 5.02 Å². The predicted molar refractivity (Wildman–Crippen MR) is 118 cm³/mol. The van der Waals surface area contributed by atoms with Gasteiger partial charge in [0, 0.05) is 38.8 Å². The molecule has 1 aromatic heterocycles. The van der Waals surface area contributed by atoms with Crippen LogP contribution in [0.4, 0.5) is 4.39 Å². The Morgan fingerprint density at radius 3 is 2.24 bits per heavy atom. The summed E-state index contributed by atoms with van der Waals surface area (Å²) >= 11 is 7.53. The summed E-state index contributed by atoms with van der Waals surface area (Å²) in [5, 5.41) is 0.265. The maximum atomic E-state index is 13.6. The first-order valence-electron chi connectivity index (χ1n) is 9.85. The summed E-state index contributed by atoms with van der Waals surface area (Å²) in [4.78, 5) is 38.6. The monoisotopic (exact) mass is 497 g/mol. The van der Waals surface area contributed by atoms with Crippen LogP contribution in [0.5, 0.6) is 5.75 Å². The quantitative estimate of drug-likeness (QED) is 0.335. The van der Waals surface area contributed by atoms with Gasteiger partial charge in [-0.1, -0.05) is 17.7 Å². The van der Waals surface area contributed by atoms with Crippen LogP contribution in [0.3, 0.4) is 0 Å². The summed E-state index contributed by atoms with van der Waals surface area (Å²) < 4.78 is 35.7. The molecule has 8 nitrogen and oxygen atoms in total. The molecule has 11 heteroatoms. The molecule has 0 spiro atoms. The third kappa shape index (κ3) is 6.58. The lowest BCUT2D eigenvalue weighted by molar-refractivity contribution is -0.186. The number of benzene rings is 1. The average molecular weight is 498 g/mol. The van der Waals surface area contributed by atoms with E-state index in [1.54, 1.807) is 24.3 Å². The van der Waals surface area contributed by atoms with E-state index in [-0.39, 0.29) is 16.5 Å². The van der Waals surface area contributed by atoms with Crippen LogP contribution in [0.25, 0.3) is 11.1 Å². The minimum absolute atomic E-state index is 0.215. The van der Waals surface area contributed by atoms with Crippen molar-refractivity contribution in [2.75, 3.05) is 5.75 Å². The van der Waals surface area contributed by atoms with Gasteiger partial charge in [0.05, 0.1) is 5.02 Å². The van der Waals surface area contributed by atoms with E-state index >= 15 is 0 Å². The Morgan fingerprint density at radius 2 is 1.61 bits per heavy atom. The number of thioether (sulfide) groups is 1. The van der Waals surface area contributed by atoms with Crippen LogP contribution < -0.4 is 4.74 Å². The molecular weight excluding hydrogens is 477 g/mol. The summed E-state index contributed by atoms with van der Waals surface area (Å²) in [6.45, 7) is 3.63. The number of carbonyl (C=O) groups excluding carboxylic acids is 3. The number of pyridine rings is 1. The summed E-state index contributed by atoms with van der Waals surface area (Å²) in [5.74, 6) is -2.02. The molecule has 1 aromatic carbocycles. The Balaban J connectivity index is 1.92. The Morgan fingerprint density at radius 1 is 0.970 bits per heavy atom. The molecule has 2 aromatic rings. The first-order chi connectivity index (χ1) is 15.6. The molecule has 0 amide bonds. The van der Waals surface area contributed by atoms with E-state index in [2.05, 4.69) is 4.98 Å². The number of hydrogen-bond donors (Lipinski definition) is 0. The van der Waals surface area contributed by atoms with Crippen LogP contribution in [0.1, 0.15) is 20.8 Å². The highest BCUT2D eigenvalue weighted by Crippen LogP contribution is 2.38. The summed E-state index contributed by atoms with van der Waals surface area (Å²) in [5.41, 5.74) is 0.339. The number of esters is 3. The molecule has 3 rings (SSSR count). The van der Waals surface area contributed by atoms with Gasteiger partial charge in [-0.25, -0.2) is 4.98 Å². The number of aromatic nitrogens is 1. The van der Waals surface area contributed by atoms with Gasteiger partial charge in [-0.05, 0) is 29.3 Å². The molecule has 1 aliphatic rings. The Bertz CT molecular complexity index is 1050. The number of rotatable bonds is 6. The Labute approximate surface area is 198 Å². The third-order valence-electron chi connectivity index (χ3n) is 4.54. The first kappa shape index (κ1) is 24.8. The van der Waals surface area contributed by atoms with Gasteiger partial charge in [0.15, 0.2) is 23.7 Å². The van der Waals surface area contributed by atoms with Crippen molar-refractivity contribution in [1.82, 2.24) is 4.98 Å². The molecule has 33 heavy (non-hydrogen) atoms. The lowest BCUT2D eigenvalue weighted by Gasteiger charge is -2.40. The van der Waals surface area contributed by atoms with E-state index in [9.17, 15) is 18.8 Å². The molecule has 4 atom stereocenters. The van der Waals surface area contributed by atoms with Gasteiger partial charge < -0.3 is 18.9 Å². The van der Waals surface area contributed by atoms with Gasteiger partial charge >= 0.3 is 17.9 Å². The molecule has 0 radical (unpaired) electrons. The molecule has 1 saturated heterocycles. The van der Waals surface area contributed by atoms with Gasteiger partial charge in [-0.2, -0.15) is 4.39 Å². The van der Waals surface area contributed by atoms with Crippen molar-refractivity contribution in [3.05, 3.63) is 47.5 Å². The Kier molecular flexibility index (Phi) is 8.15. The summed E-state index contributed by atoms with van der Waals surface area (Å²) in [6.07, 6.45) is -1.68. The molecule has 0 N–H and O–H groups in total. The number of carbonyl (C=O) groups is 3. The molecule has 176 valence electrons. The molecule has 1 aliphatic heterocycles. The number of hydrogen-bond acceptors (Lipinski definition) is 9. The fourth-order valence-corrected chi connectivity index (χ4v) is 4.66. The topological polar surface area (TPSA) is 101 Å². The van der Waals surface area contributed by atoms with Gasteiger partial charge in [0.25, 0.3) is 0 Å². The van der Waals surface area contributed by atoms with Crippen LogP contribution in [0.15, 0.2) is 36.5 Å². The van der Waals surface area contributed by atoms with Crippen LogP contribution in [-0.2, 0) is 28.6 Å². The van der Waals surface area contributed by atoms with E-state index in [4.69, 9.17) is 30.5 Å². The second-order valence-electron chi connectivity index (χ2n) is 7.13. The fourth-order valence-electron chi connectivity index (χ4n) is 3.29. The van der Waals surface area contributed by atoms with E-state index in [0.29, 0.717) is 11.1 Å². The van der Waals surface area contributed by atoms with Gasteiger partial charge in [-0.3, -0.25) is 14.4 Å². The van der Waals surface area contributed by atoms with Crippen molar-refractivity contribution >= 4 is 41.3 Å². The van der Waals surface area contributed by atoms with Crippen LogP contribution >= 0.6 is 23.4 Å². The SMILES string of the molecule is CC(=O)O[C@@H]1[C@@H](OC(C)=O)[C@@H](Oc2cc(-c3ccnc(F)c3)ccc2Cl)SC[C@H]1OC(C)=O. The standard InChI is InChI=1S/C22H21ClFNO7S/c1-11(26)29-18-10-33-22(21(31-13(3)28)20(18)30-12(2)27)32-17-8-14(4-5-16(17)23)15-6-7-25-19(24)9-15/h4-9,18,20-22H,10H2,1-3H3/t18-,20+,21-,22+/m1/s1. The highest BCUT2D eigenvalue weighted by molar-refractivity contribution is 7.99. The predicted octanol–water partition coefficient (Wildman–Crippen LogP) is 3.79. The smallest absolute Gasteiger partial charge is 0.303 e. The van der Waals surface area contributed by atoms with Crippen molar-refractivity contribution in [3.8, 4) is 16.9 Å². The van der Waals surface area contributed by atoms with Crippen molar-refractivity contribution in [1.29, 1.82) is 0 Å². The summed E-state index contributed by atoms with van der Waals surface area (Å²) in [7, 11) is 0. The molecule has 0 unspecified atom stereocenters. The molecule has 0 bridgehead atoms. The zero-order valence-corrected chi connectivity index (χ0v) is 19.5. The fraction of sp³-hybridized carbons (Fsp3) is 0.364. The highest BCUT2D eigenvalue weighted by atomic mass is 35.5. The van der Waals surface area contributed by atoms with Crippen LogP contribution in [0, 0.1) is 5.95 Å². The second kappa shape index (κ2) is 10.8. The Hall–Kier alpha value is -2.85. The van der Waals surface area contributed by atoms with Gasteiger partial charge in [-0.15, -0.1) is 11.8 Å². The van der Waals surface area contributed by atoms with E-state index in [1.165, 1.54) is 44.8 Å². The first-order valence-corrected chi connectivity index (χ1v) is 11.3. The zero-order valence-electron chi connectivity index (χ0n) is 17.9. The third-order valence-corrected chi connectivity index (χ3v) is 6.07. The maximum absolute atomic E-state index is 13.6.